The Labute approximate surface area is 150 Å². The number of carbonyl (C=O) groups is 1. The zero-order chi connectivity index (χ0) is 16.8. The molecule has 0 bridgehead atoms. The third-order valence-corrected chi connectivity index (χ3v) is 5.44. The van der Waals surface area contributed by atoms with E-state index in [0.29, 0.717) is 19.5 Å². The Hall–Kier alpha value is -2.11. The Morgan fingerprint density at radius 3 is 2.00 bits per heavy atom. The van der Waals surface area contributed by atoms with E-state index in [9.17, 15) is 4.79 Å². The Kier molecular flexibility index (Phi) is 5.67. The number of hydrogen-bond donors (Lipinski definition) is 0. The van der Waals surface area contributed by atoms with Gasteiger partial charge < -0.3 is 9.64 Å². The van der Waals surface area contributed by atoms with Gasteiger partial charge in [-0.15, -0.1) is 22.7 Å². The molecule has 3 aromatic rings. The minimum atomic E-state index is 0.141. The Morgan fingerprint density at radius 1 is 0.958 bits per heavy atom. The van der Waals surface area contributed by atoms with Gasteiger partial charge in [-0.1, -0.05) is 24.3 Å². The smallest absolute Gasteiger partial charge is 0.227 e. The van der Waals surface area contributed by atoms with Crippen molar-refractivity contribution in [3.8, 4) is 5.75 Å². The number of hydrogen-bond acceptors (Lipinski definition) is 4. The third kappa shape index (κ3) is 4.46. The molecule has 3 rings (SSSR count). The Balaban J connectivity index is 1.71. The lowest BCUT2D eigenvalue weighted by molar-refractivity contribution is -0.131. The first-order valence-electron chi connectivity index (χ1n) is 7.70. The van der Waals surface area contributed by atoms with E-state index in [1.165, 1.54) is 9.75 Å². The van der Waals surface area contributed by atoms with E-state index in [1.54, 1.807) is 29.8 Å². The van der Waals surface area contributed by atoms with Crippen molar-refractivity contribution in [1.82, 2.24) is 4.90 Å². The number of amides is 1. The van der Waals surface area contributed by atoms with Crippen LogP contribution in [0, 0.1) is 0 Å². The summed E-state index contributed by atoms with van der Waals surface area (Å²) in [4.78, 5) is 17.2. The highest BCUT2D eigenvalue weighted by Crippen LogP contribution is 2.19. The third-order valence-electron chi connectivity index (χ3n) is 3.72. The monoisotopic (exact) mass is 357 g/mol. The lowest BCUT2D eigenvalue weighted by Gasteiger charge is -2.22. The maximum atomic E-state index is 12.8. The number of ether oxygens (including phenoxy) is 1. The molecular weight excluding hydrogens is 338 g/mol. The number of carbonyl (C=O) groups excluding carboxylic acids is 1. The molecule has 0 N–H and O–H groups in total. The molecule has 2 heterocycles. The molecule has 0 radical (unpaired) electrons. The van der Waals surface area contributed by atoms with E-state index in [1.807, 2.05) is 52.1 Å². The molecule has 0 saturated heterocycles. The van der Waals surface area contributed by atoms with Crippen molar-refractivity contribution in [1.29, 1.82) is 0 Å². The summed E-state index contributed by atoms with van der Waals surface area (Å²) in [6, 6.07) is 15.9. The summed E-state index contributed by atoms with van der Waals surface area (Å²) >= 11 is 3.37. The van der Waals surface area contributed by atoms with Crippen molar-refractivity contribution in [2.75, 3.05) is 7.11 Å². The number of methoxy groups -OCH3 is 1. The number of rotatable bonds is 7. The summed E-state index contributed by atoms with van der Waals surface area (Å²) in [5.74, 6) is 0.946. The number of nitrogens with zero attached hydrogens (tertiary/aromatic N) is 1. The van der Waals surface area contributed by atoms with Gasteiger partial charge in [-0.25, -0.2) is 0 Å². The summed E-state index contributed by atoms with van der Waals surface area (Å²) in [6.45, 7) is 1.31. The second kappa shape index (κ2) is 8.13. The second-order valence-electron chi connectivity index (χ2n) is 5.43. The van der Waals surface area contributed by atoms with E-state index in [0.717, 1.165) is 11.3 Å². The van der Waals surface area contributed by atoms with Gasteiger partial charge >= 0.3 is 0 Å². The fraction of sp³-hybridized carbons (Fsp3) is 0.211. The molecule has 0 unspecified atom stereocenters. The molecule has 0 aliphatic rings. The van der Waals surface area contributed by atoms with Gasteiger partial charge in [0.25, 0.3) is 0 Å². The van der Waals surface area contributed by atoms with Gasteiger partial charge in [0.05, 0.1) is 26.6 Å². The molecule has 0 atom stereocenters. The molecule has 5 heteroatoms. The highest BCUT2D eigenvalue weighted by Gasteiger charge is 2.16. The molecule has 0 saturated carbocycles. The van der Waals surface area contributed by atoms with E-state index in [4.69, 9.17) is 4.74 Å². The van der Waals surface area contributed by atoms with Crippen LogP contribution in [0.15, 0.2) is 59.3 Å². The molecule has 24 heavy (non-hydrogen) atoms. The quantitative estimate of drug-likeness (QED) is 0.619. The molecule has 1 amide bonds. The maximum absolute atomic E-state index is 12.8. The Morgan fingerprint density at radius 2 is 1.54 bits per heavy atom. The van der Waals surface area contributed by atoms with Crippen molar-refractivity contribution in [3.63, 3.8) is 0 Å². The van der Waals surface area contributed by atoms with Gasteiger partial charge in [0.15, 0.2) is 0 Å². The normalized spacial score (nSPS) is 10.5. The van der Waals surface area contributed by atoms with Crippen LogP contribution in [0.5, 0.6) is 5.75 Å². The first kappa shape index (κ1) is 16.7. The van der Waals surface area contributed by atoms with Crippen LogP contribution in [0.3, 0.4) is 0 Å². The minimum absolute atomic E-state index is 0.141. The van der Waals surface area contributed by atoms with E-state index in [-0.39, 0.29) is 5.91 Å². The molecule has 0 fully saturated rings. The zero-order valence-corrected chi connectivity index (χ0v) is 15.1. The van der Waals surface area contributed by atoms with E-state index < -0.39 is 0 Å². The molecule has 2 aromatic heterocycles. The van der Waals surface area contributed by atoms with Crippen LogP contribution in [0.2, 0.25) is 0 Å². The van der Waals surface area contributed by atoms with Crippen molar-refractivity contribution in [2.24, 2.45) is 0 Å². The molecule has 0 aliphatic carbocycles. The summed E-state index contributed by atoms with van der Waals surface area (Å²) in [5, 5.41) is 4.10. The highest BCUT2D eigenvalue weighted by atomic mass is 32.1. The minimum Gasteiger partial charge on any atom is -0.497 e. The molecule has 124 valence electrons. The fourth-order valence-corrected chi connectivity index (χ4v) is 3.88. The van der Waals surface area contributed by atoms with Crippen LogP contribution in [-0.4, -0.2) is 17.9 Å². The van der Waals surface area contributed by atoms with E-state index in [2.05, 4.69) is 12.1 Å². The van der Waals surface area contributed by atoms with Gasteiger partial charge in [0.2, 0.25) is 5.91 Å². The lowest BCUT2D eigenvalue weighted by atomic mass is 10.1. The van der Waals surface area contributed by atoms with Gasteiger partial charge in [-0.2, -0.15) is 0 Å². The SMILES string of the molecule is COc1ccc(CC(=O)N(Cc2cccs2)Cc2cccs2)cc1. The predicted molar refractivity (Wildman–Crippen MR) is 99.6 cm³/mol. The van der Waals surface area contributed by atoms with Crippen molar-refractivity contribution >= 4 is 28.6 Å². The number of thiophene rings is 2. The predicted octanol–water partition coefficient (Wildman–Crippen LogP) is 4.59. The number of benzene rings is 1. The summed E-state index contributed by atoms with van der Waals surface area (Å²) in [6.07, 6.45) is 0.404. The maximum Gasteiger partial charge on any atom is 0.227 e. The largest absolute Gasteiger partial charge is 0.497 e. The molecule has 0 spiro atoms. The van der Waals surface area contributed by atoms with Gasteiger partial charge in [0, 0.05) is 9.75 Å². The first-order chi connectivity index (χ1) is 11.7. The molecule has 3 nitrogen and oxygen atoms in total. The zero-order valence-electron chi connectivity index (χ0n) is 13.5. The average molecular weight is 358 g/mol. The first-order valence-corrected chi connectivity index (χ1v) is 9.46. The van der Waals surface area contributed by atoms with Crippen LogP contribution >= 0.6 is 22.7 Å². The lowest BCUT2D eigenvalue weighted by Crippen LogP contribution is -2.30. The van der Waals surface area contributed by atoms with Crippen molar-refractivity contribution in [2.45, 2.75) is 19.5 Å². The van der Waals surface area contributed by atoms with Crippen molar-refractivity contribution in [3.05, 3.63) is 74.6 Å². The van der Waals surface area contributed by atoms with Gasteiger partial charge in [0.1, 0.15) is 5.75 Å². The van der Waals surface area contributed by atoms with Crippen LogP contribution in [0.4, 0.5) is 0 Å². The van der Waals surface area contributed by atoms with Crippen LogP contribution in [0.25, 0.3) is 0 Å². The van der Waals surface area contributed by atoms with E-state index >= 15 is 0 Å². The average Bonchev–Trinajstić information content (AvgIpc) is 3.29. The highest BCUT2D eigenvalue weighted by molar-refractivity contribution is 7.10. The van der Waals surface area contributed by atoms with Crippen LogP contribution in [-0.2, 0) is 24.3 Å². The second-order valence-corrected chi connectivity index (χ2v) is 7.50. The van der Waals surface area contributed by atoms with Gasteiger partial charge in [-0.3, -0.25) is 4.79 Å². The molecule has 0 aliphatic heterocycles. The Bertz CT molecular complexity index is 713. The fourth-order valence-electron chi connectivity index (χ4n) is 2.44. The molecular formula is C19H19NO2S2. The van der Waals surface area contributed by atoms with Crippen molar-refractivity contribution < 1.29 is 9.53 Å². The summed E-state index contributed by atoms with van der Waals surface area (Å²) < 4.78 is 5.17. The summed E-state index contributed by atoms with van der Waals surface area (Å²) in [7, 11) is 1.64. The summed E-state index contributed by atoms with van der Waals surface area (Å²) in [5.41, 5.74) is 1.00. The van der Waals surface area contributed by atoms with Gasteiger partial charge in [-0.05, 0) is 40.6 Å². The topological polar surface area (TPSA) is 29.5 Å². The van der Waals surface area contributed by atoms with Crippen LogP contribution < -0.4 is 4.74 Å². The molecule has 1 aromatic carbocycles. The van der Waals surface area contributed by atoms with Crippen LogP contribution in [0.1, 0.15) is 15.3 Å². The standard InChI is InChI=1S/C19H19NO2S2/c1-22-16-8-6-15(7-9-16)12-19(21)20(13-17-4-2-10-23-17)14-18-5-3-11-24-18/h2-11H,12-14H2,1H3.